The maximum Gasteiger partial charge on any atom is 0.229 e. The minimum atomic E-state index is -0.118. The SMILES string of the molecule is Cc1cc(Nc2ncc(Cl)c(N3CC(CC#N)(N4CCN(C)CC4)C3)n2)sn1. The summed E-state index contributed by atoms with van der Waals surface area (Å²) in [5.74, 6) is 1.21. The molecule has 10 heteroatoms. The molecule has 2 aliphatic rings. The number of hydrogen-bond donors (Lipinski definition) is 1. The van der Waals surface area contributed by atoms with Crippen LogP contribution in [0.1, 0.15) is 12.1 Å². The molecule has 0 atom stereocenters. The summed E-state index contributed by atoms with van der Waals surface area (Å²) in [6, 6.07) is 4.34. The van der Waals surface area contributed by atoms with Gasteiger partial charge in [0, 0.05) is 39.3 Å². The Kier molecular flexibility index (Phi) is 5.38. The molecule has 0 unspecified atom stereocenters. The van der Waals surface area contributed by atoms with Gasteiger partial charge in [0.1, 0.15) is 10.0 Å². The quantitative estimate of drug-likeness (QED) is 0.792. The van der Waals surface area contributed by atoms with E-state index in [2.05, 4.69) is 47.5 Å². The highest BCUT2D eigenvalue weighted by Gasteiger charge is 2.49. The van der Waals surface area contributed by atoms with Crippen LogP contribution in [0.4, 0.5) is 16.8 Å². The van der Waals surface area contributed by atoms with Crippen LogP contribution in [0.2, 0.25) is 5.02 Å². The molecule has 28 heavy (non-hydrogen) atoms. The van der Waals surface area contributed by atoms with Crippen LogP contribution in [0.25, 0.3) is 0 Å². The Morgan fingerprint density at radius 2 is 2.07 bits per heavy atom. The highest BCUT2D eigenvalue weighted by molar-refractivity contribution is 7.10. The number of aromatic nitrogens is 3. The molecule has 4 heterocycles. The lowest BCUT2D eigenvalue weighted by Crippen LogP contribution is -2.72. The first kappa shape index (κ1) is 19.3. The molecular formula is C18H23ClN8S. The number of aryl methyl sites for hydroxylation is 1. The van der Waals surface area contributed by atoms with Crippen LogP contribution in [0.5, 0.6) is 0 Å². The zero-order chi connectivity index (χ0) is 19.7. The maximum absolute atomic E-state index is 9.40. The fourth-order valence-electron chi connectivity index (χ4n) is 3.84. The van der Waals surface area contributed by atoms with Gasteiger partial charge in [-0.3, -0.25) is 4.90 Å². The summed E-state index contributed by atoms with van der Waals surface area (Å²) < 4.78 is 4.26. The van der Waals surface area contributed by atoms with E-state index in [1.165, 1.54) is 11.5 Å². The second-order valence-corrected chi connectivity index (χ2v) is 8.74. The standard InChI is InChI=1S/C18H23ClN8S/c1-13-9-15(28-24-13)22-17-21-10-14(19)16(23-17)26-11-18(12-26,3-4-20)27-7-5-25(2)6-8-27/h9-10H,3,5-8,11-12H2,1-2H3,(H,21,22,23). The van der Waals surface area contributed by atoms with Crippen LogP contribution in [-0.4, -0.2) is 76.0 Å². The second-order valence-electron chi connectivity index (χ2n) is 7.53. The second kappa shape index (κ2) is 7.79. The molecule has 0 aliphatic carbocycles. The summed E-state index contributed by atoms with van der Waals surface area (Å²) in [7, 11) is 2.14. The molecule has 0 aromatic carbocycles. The lowest BCUT2D eigenvalue weighted by molar-refractivity contribution is 0.0219. The summed E-state index contributed by atoms with van der Waals surface area (Å²) in [5.41, 5.74) is 0.838. The van der Waals surface area contributed by atoms with Gasteiger partial charge in [0.15, 0.2) is 5.82 Å². The maximum atomic E-state index is 9.40. The molecule has 0 amide bonds. The van der Waals surface area contributed by atoms with Gasteiger partial charge >= 0.3 is 0 Å². The lowest BCUT2D eigenvalue weighted by atomic mass is 9.84. The fraction of sp³-hybridized carbons (Fsp3) is 0.556. The molecule has 8 nitrogen and oxygen atoms in total. The van der Waals surface area contributed by atoms with Crippen LogP contribution in [-0.2, 0) is 0 Å². The van der Waals surface area contributed by atoms with Crippen molar-refractivity contribution in [1.82, 2.24) is 24.1 Å². The van der Waals surface area contributed by atoms with Gasteiger partial charge in [0.2, 0.25) is 5.95 Å². The van der Waals surface area contributed by atoms with Crippen molar-refractivity contribution in [1.29, 1.82) is 5.26 Å². The molecule has 0 bridgehead atoms. The Balaban J connectivity index is 1.49. The number of likely N-dealkylation sites (N-methyl/N-ethyl adjacent to an activating group) is 1. The smallest absolute Gasteiger partial charge is 0.229 e. The van der Waals surface area contributed by atoms with Gasteiger partial charge in [-0.2, -0.15) is 14.6 Å². The van der Waals surface area contributed by atoms with Gasteiger partial charge in [-0.1, -0.05) is 11.6 Å². The molecule has 148 valence electrons. The molecule has 0 spiro atoms. The molecule has 2 aromatic rings. The summed E-state index contributed by atoms with van der Waals surface area (Å²) >= 11 is 7.77. The van der Waals surface area contributed by atoms with E-state index in [0.29, 0.717) is 23.2 Å². The van der Waals surface area contributed by atoms with Crippen molar-refractivity contribution in [2.24, 2.45) is 0 Å². The molecule has 2 fully saturated rings. The van der Waals surface area contributed by atoms with Crippen molar-refractivity contribution < 1.29 is 0 Å². The van der Waals surface area contributed by atoms with Crippen molar-refractivity contribution in [2.75, 3.05) is 56.5 Å². The minimum Gasteiger partial charge on any atom is -0.351 e. The molecular weight excluding hydrogens is 396 g/mol. The first-order valence-corrected chi connectivity index (χ1v) is 10.4. The normalized spacial score (nSPS) is 19.9. The molecule has 0 saturated carbocycles. The Bertz CT molecular complexity index is 880. The van der Waals surface area contributed by atoms with E-state index >= 15 is 0 Å². The first-order valence-electron chi connectivity index (χ1n) is 9.27. The predicted molar refractivity (Wildman–Crippen MR) is 111 cm³/mol. The van der Waals surface area contributed by atoms with Crippen LogP contribution in [0.15, 0.2) is 12.3 Å². The minimum absolute atomic E-state index is 0.118. The van der Waals surface area contributed by atoms with Crippen LogP contribution >= 0.6 is 23.1 Å². The fourth-order valence-corrected chi connectivity index (χ4v) is 4.70. The van der Waals surface area contributed by atoms with Crippen molar-refractivity contribution in [3.8, 4) is 6.07 Å². The van der Waals surface area contributed by atoms with Gasteiger partial charge in [-0.15, -0.1) is 0 Å². The number of rotatable bonds is 5. The number of hydrogen-bond acceptors (Lipinski definition) is 9. The first-order chi connectivity index (χ1) is 13.5. The molecule has 2 aliphatic heterocycles. The number of piperazine rings is 1. The van der Waals surface area contributed by atoms with E-state index in [4.69, 9.17) is 11.6 Å². The third kappa shape index (κ3) is 3.78. The van der Waals surface area contributed by atoms with E-state index in [9.17, 15) is 5.26 Å². The Labute approximate surface area is 173 Å². The van der Waals surface area contributed by atoms with Crippen molar-refractivity contribution in [3.05, 3.63) is 23.0 Å². The molecule has 2 aromatic heterocycles. The van der Waals surface area contributed by atoms with E-state index < -0.39 is 0 Å². The van der Waals surface area contributed by atoms with Crippen LogP contribution in [0, 0.1) is 18.3 Å². The zero-order valence-corrected chi connectivity index (χ0v) is 17.6. The largest absolute Gasteiger partial charge is 0.351 e. The predicted octanol–water partition coefficient (Wildman–Crippen LogP) is 2.36. The number of nitrogens with zero attached hydrogens (tertiary/aromatic N) is 7. The van der Waals surface area contributed by atoms with Gasteiger partial charge in [-0.25, -0.2) is 4.98 Å². The van der Waals surface area contributed by atoms with Gasteiger partial charge < -0.3 is 15.1 Å². The number of halogens is 1. The average molecular weight is 419 g/mol. The summed E-state index contributed by atoms with van der Waals surface area (Å²) in [5, 5.41) is 14.0. The summed E-state index contributed by atoms with van der Waals surface area (Å²) in [4.78, 5) is 15.8. The number of anilines is 3. The topological polar surface area (TPSA) is 84.2 Å². The average Bonchev–Trinajstić information content (AvgIpc) is 3.05. The molecule has 1 N–H and O–H groups in total. The third-order valence-electron chi connectivity index (χ3n) is 5.44. The van der Waals surface area contributed by atoms with Crippen LogP contribution in [0.3, 0.4) is 0 Å². The van der Waals surface area contributed by atoms with Gasteiger partial charge in [0.25, 0.3) is 0 Å². The van der Waals surface area contributed by atoms with Gasteiger partial charge in [0.05, 0.1) is 29.9 Å². The Hall–Kier alpha value is -1.99. The molecule has 4 rings (SSSR count). The highest BCUT2D eigenvalue weighted by Crippen LogP contribution is 2.37. The summed E-state index contributed by atoms with van der Waals surface area (Å²) in [6.45, 7) is 7.49. The Morgan fingerprint density at radius 3 is 2.71 bits per heavy atom. The number of nitrogens with one attached hydrogen (secondary N) is 1. The van der Waals surface area contributed by atoms with E-state index in [1.54, 1.807) is 6.20 Å². The highest BCUT2D eigenvalue weighted by atomic mass is 35.5. The van der Waals surface area contributed by atoms with E-state index in [-0.39, 0.29) is 5.54 Å². The van der Waals surface area contributed by atoms with E-state index in [1.807, 2.05) is 13.0 Å². The molecule has 2 saturated heterocycles. The molecule has 0 radical (unpaired) electrons. The van der Waals surface area contributed by atoms with E-state index in [0.717, 1.165) is 50.0 Å². The third-order valence-corrected chi connectivity index (χ3v) is 6.50. The van der Waals surface area contributed by atoms with Crippen molar-refractivity contribution >= 4 is 39.9 Å². The van der Waals surface area contributed by atoms with Crippen LogP contribution < -0.4 is 10.2 Å². The monoisotopic (exact) mass is 418 g/mol. The number of nitriles is 1. The zero-order valence-electron chi connectivity index (χ0n) is 16.0. The summed E-state index contributed by atoms with van der Waals surface area (Å²) in [6.07, 6.45) is 2.14. The lowest BCUT2D eigenvalue weighted by Gasteiger charge is -2.57. The van der Waals surface area contributed by atoms with Gasteiger partial charge in [-0.05, 0) is 31.6 Å². The van der Waals surface area contributed by atoms with Crippen molar-refractivity contribution in [3.63, 3.8) is 0 Å². The Morgan fingerprint density at radius 1 is 1.32 bits per heavy atom. The van der Waals surface area contributed by atoms with Crippen molar-refractivity contribution in [2.45, 2.75) is 18.9 Å².